The zero-order valence-electron chi connectivity index (χ0n) is 9.64. The Hall–Kier alpha value is -1.46. The van der Waals surface area contributed by atoms with E-state index in [4.69, 9.17) is 4.74 Å². The Morgan fingerprint density at radius 1 is 1.62 bits per heavy atom. The van der Waals surface area contributed by atoms with E-state index in [0.29, 0.717) is 19.7 Å². The predicted molar refractivity (Wildman–Crippen MR) is 62.4 cm³/mol. The van der Waals surface area contributed by atoms with Crippen molar-refractivity contribution in [3.05, 3.63) is 24.5 Å². The fraction of sp³-hybridized carbons (Fsp3) is 0.455. The number of nitrogens with one attached hydrogen (secondary N) is 1. The lowest BCUT2D eigenvalue weighted by atomic mass is 10.3. The van der Waals surface area contributed by atoms with Gasteiger partial charge in [-0.2, -0.15) is 0 Å². The summed E-state index contributed by atoms with van der Waals surface area (Å²) in [4.78, 5) is 17.2. The molecule has 0 atom stereocenters. The quantitative estimate of drug-likeness (QED) is 0.704. The fourth-order valence-corrected chi connectivity index (χ4v) is 1.18. The number of amides is 1. The zero-order valence-corrected chi connectivity index (χ0v) is 9.64. The first-order valence-corrected chi connectivity index (χ1v) is 5.12. The normalized spacial score (nSPS) is 10.1. The van der Waals surface area contributed by atoms with Gasteiger partial charge in [0.2, 0.25) is 5.91 Å². The molecule has 1 heterocycles. The van der Waals surface area contributed by atoms with Crippen LogP contribution in [0.5, 0.6) is 0 Å². The molecule has 1 rings (SSSR count). The lowest BCUT2D eigenvalue weighted by molar-refractivity contribution is -0.117. The topological polar surface area (TPSA) is 54.5 Å². The van der Waals surface area contributed by atoms with E-state index < -0.39 is 0 Å². The lowest BCUT2D eigenvalue weighted by Crippen LogP contribution is -2.36. The zero-order chi connectivity index (χ0) is 11.8. The number of anilines is 1. The number of methoxy groups -OCH3 is 1. The molecule has 0 aliphatic heterocycles. The van der Waals surface area contributed by atoms with Crippen LogP contribution < -0.4 is 10.2 Å². The van der Waals surface area contributed by atoms with Gasteiger partial charge in [0.25, 0.3) is 0 Å². The van der Waals surface area contributed by atoms with Crippen LogP contribution >= 0.6 is 0 Å². The molecule has 0 radical (unpaired) electrons. The summed E-state index contributed by atoms with van der Waals surface area (Å²) in [5, 5.41) is 3.00. The van der Waals surface area contributed by atoms with Gasteiger partial charge in [0.1, 0.15) is 0 Å². The highest BCUT2D eigenvalue weighted by Crippen LogP contribution is 2.08. The third-order valence-corrected chi connectivity index (χ3v) is 2.17. The smallest absolute Gasteiger partial charge is 0.240 e. The number of likely N-dealkylation sites (N-methyl/N-ethyl adjacent to an activating group) is 1. The maximum Gasteiger partial charge on any atom is 0.240 e. The van der Waals surface area contributed by atoms with Gasteiger partial charge < -0.3 is 15.0 Å². The van der Waals surface area contributed by atoms with E-state index in [1.807, 2.05) is 6.07 Å². The third kappa shape index (κ3) is 3.96. The first-order valence-electron chi connectivity index (χ1n) is 5.12. The van der Waals surface area contributed by atoms with Gasteiger partial charge in [-0.25, -0.2) is 0 Å². The molecule has 0 saturated carbocycles. The average Bonchev–Trinajstić information content (AvgIpc) is 2.34. The van der Waals surface area contributed by atoms with Gasteiger partial charge >= 0.3 is 0 Å². The van der Waals surface area contributed by atoms with Crippen molar-refractivity contribution in [1.29, 1.82) is 0 Å². The van der Waals surface area contributed by atoms with Crippen molar-refractivity contribution in [2.45, 2.75) is 0 Å². The maximum absolute atomic E-state index is 11.7. The Morgan fingerprint density at radius 3 is 3.06 bits per heavy atom. The first-order chi connectivity index (χ1) is 7.75. The first kappa shape index (κ1) is 12.6. The highest BCUT2D eigenvalue weighted by Gasteiger charge is 2.09. The second-order valence-electron chi connectivity index (χ2n) is 3.33. The van der Waals surface area contributed by atoms with Gasteiger partial charge in [0.05, 0.1) is 25.0 Å². The second kappa shape index (κ2) is 6.92. The van der Waals surface area contributed by atoms with Gasteiger partial charge in [-0.05, 0) is 12.1 Å². The maximum atomic E-state index is 11.7. The Labute approximate surface area is 95.4 Å². The van der Waals surface area contributed by atoms with Crippen molar-refractivity contribution in [2.75, 3.05) is 38.8 Å². The molecule has 1 aromatic rings. The van der Waals surface area contributed by atoms with Crippen molar-refractivity contribution in [2.24, 2.45) is 0 Å². The Kier molecular flexibility index (Phi) is 5.45. The van der Waals surface area contributed by atoms with Crippen molar-refractivity contribution < 1.29 is 9.53 Å². The lowest BCUT2D eigenvalue weighted by Gasteiger charge is -2.16. The summed E-state index contributed by atoms with van der Waals surface area (Å²) in [5.41, 5.74) is 0.793. The molecule has 0 fully saturated rings. The third-order valence-electron chi connectivity index (χ3n) is 2.17. The van der Waals surface area contributed by atoms with Crippen LogP contribution in [-0.2, 0) is 9.53 Å². The van der Waals surface area contributed by atoms with E-state index in [-0.39, 0.29) is 5.91 Å². The van der Waals surface area contributed by atoms with Crippen LogP contribution in [0, 0.1) is 0 Å². The molecule has 0 aliphatic carbocycles. The Bertz CT molecular complexity index is 316. The molecule has 0 aromatic carbocycles. The molecule has 0 spiro atoms. The van der Waals surface area contributed by atoms with Crippen molar-refractivity contribution in [3.63, 3.8) is 0 Å². The van der Waals surface area contributed by atoms with E-state index in [9.17, 15) is 4.79 Å². The summed E-state index contributed by atoms with van der Waals surface area (Å²) in [5.74, 6) is 0.00380. The molecule has 5 nitrogen and oxygen atoms in total. The molecule has 5 heteroatoms. The number of hydrogen-bond acceptors (Lipinski definition) is 4. The summed E-state index contributed by atoms with van der Waals surface area (Å²) in [6.07, 6.45) is 3.34. The van der Waals surface area contributed by atoms with Crippen LogP contribution in [0.1, 0.15) is 0 Å². The SMILES string of the molecule is COCCNCC(=O)N(C)c1cccnc1. The molecular weight excluding hydrogens is 206 g/mol. The van der Waals surface area contributed by atoms with E-state index in [1.54, 1.807) is 37.5 Å². The number of rotatable bonds is 6. The summed E-state index contributed by atoms with van der Waals surface area (Å²) >= 11 is 0. The number of aromatic nitrogens is 1. The average molecular weight is 223 g/mol. The molecule has 0 bridgehead atoms. The monoisotopic (exact) mass is 223 g/mol. The molecule has 1 aromatic heterocycles. The van der Waals surface area contributed by atoms with Crippen LogP contribution in [0.25, 0.3) is 0 Å². The molecule has 1 N–H and O–H groups in total. The van der Waals surface area contributed by atoms with Crippen molar-refractivity contribution in [3.8, 4) is 0 Å². The number of hydrogen-bond donors (Lipinski definition) is 1. The van der Waals surface area contributed by atoms with E-state index in [1.165, 1.54) is 0 Å². The van der Waals surface area contributed by atoms with Gasteiger partial charge in [0.15, 0.2) is 0 Å². The summed E-state index contributed by atoms with van der Waals surface area (Å²) in [7, 11) is 3.36. The number of pyridine rings is 1. The van der Waals surface area contributed by atoms with Crippen LogP contribution in [0.4, 0.5) is 5.69 Å². The van der Waals surface area contributed by atoms with Gasteiger partial charge in [0, 0.05) is 26.9 Å². The molecule has 16 heavy (non-hydrogen) atoms. The molecule has 0 saturated heterocycles. The van der Waals surface area contributed by atoms with Crippen LogP contribution in [0.15, 0.2) is 24.5 Å². The minimum atomic E-state index is 0.00380. The Morgan fingerprint density at radius 2 is 2.44 bits per heavy atom. The molecular formula is C11H17N3O2. The summed E-state index contributed by atoms with van der Waals surface area (Å²) in [6, 6.07) is 3.65. The van der Waals surface area contributed by atoms with Crippen molar-refractivity contribution in [1.82, 2.24) is 10.3 Å². The van der Waals surface area contributed by atoms with E-state index >= 15 is 0 Å². The predicted octanol–water partition coefficient (Wildman–Crippen LogP) is 0.280. The number of ether oxygens (including phenoxy) is 1. The molecule has 0 aliphatic rings. The molecule has 88 valence electrons. The minimum Gasteiger partial charge on any atom is -0.383 e. The number of carbonyl (C=O) groups is 1. The van der Waals surface area contributed by atoms with Crippen LogP contribution in [-0.4, -0.2) is 44.7 Å². The summed E-state index contributed by atoms with van der Waals surface area (Å²) in [6.45, 7) is 1.57. The Balaban J connectivity index is 2.37. The van der Waals surface area contributed by atoms with Crippen LogP contribution in [0.3, 0.4) is 0 Å². The number of carbonyl (C=O) groups excluding carboxylic acids is 1. The highest BCUT2D eigenvalue weighted by molar-refractivity contribution is 5.94. The van der Waals surface area contributed by atoms with E-state index in [0.717, 1.165) is 5.69 Å². The van der Waals surface area contributed by atoms with E-state index in [2.05, 4.69) is 10.3 Å². The van der Waals surface area contributed by atoms with Gasteiger partial charge in [-0.15, -0.1) is 0 Å². The standard InChI is InChI=1S/C11H17N3O2/c1-14(10-4-3-5-12-8-10)11(15)9-13-6-7-16-2/h3-5,8,13H,6-7,9H2,1-2H3. The highest BCUT2D eigenvalue weighted by atomic mass is 16.5. The number of nitrogens with zero attached hydrogens (tertiary/aromatic N) is 2. The van der Waals surface area contributed by atoms with Gasteiger partial charge in [-0.1, -0.05) is 0 Å². The largest absolute Gasteiger partial charge is 0.383 e. The van der Waals surface area contributed by atoms with Crippen molar-refractivity contribution >= 4 is 11.6 Å². The molecule has 0 unspecified atom stereocenters. The molecule has 1 amide bonds. The summed E-state index contributed by atoms with van der Waals surface area (Å²) < 4.78 is 4.87. The fourth-order valence-electron chi connectivity index (χ4n) is 1.18. The minimum absolute atomic E-state index is 0.00380. The van der Waals surface area contributed by atoms with Gasteiger partial charge in [-0.3, -0.25) is 9.78 Å². The van der Waals surface area contributed by atoms with Crippen LogP contribution in [0.2, 0.25) is 0 Å². The second-order valence-corrected chi connectivity index (χ2v) is 3.33.